The van der Waals surface area contributed by atoms with Crippen molar-refractivity contribution in [3.8, 4) is 0 Å². The predicted octanol–water partition coefficient (Wildman–Crippen LogP) is 1.23. The average Bonchev–Trinajstić information content (AvgIpc) is 2.78. The fraction of sp³-hybridized carbons (Fsp3) is 0.684. The summed E-state index contributed by atoms with van der Waals surface area (Å²) in [4.78, 5) is 23.7. The summed E-state index contributed by atoms with van der Waals surface area (Å²) >= 11 is 0. The van der Waals surface area contributed by atoms with E-state index < -0.39 is 0 Å². The van der Waals surface area contributed by atoms with Crippen LogP contribution in [0.25, 0.3) is 0 Å². The Morgan fingerprint density at radius 3 is 2.92 bits per heavy atom. The standard InChI is InChI=1S/C19H30N4O2/c1-21-10-11-22(15-17-4-3-8-20-14-17)16-19(21)6-5-18(24)23(9-7-19)12-13-25-2/h3-4,8,14H,5-7,9-13,15-16H2,1-2H3. The minimum atomic E-state index is 0.0952. The summed E-state index contributed by atoms with van der Waals surface area (Å²) in [5, 5.41) is 0. The summed E-state index contributed by atoms with van der Waals surface area (Å²) in [6.07, 6.45) is 6.38. The van der Waals surface area contributed by atoms with Gasteiger partial charge in [-0.1, -0.05) is 6.07 Å². The Kier molecular flexibility index (Phi) is 6.04. The topological polar surface area (TPSA) is 48.9 Å². The summed E-state index contributed by atoms with van der Waals surface area (Å²) in [6.45, 7) is 6.21. The monoisotopic (exact) mass is 346 g/mol. The fourth-order valence-corrected chi connectivity index (χ4v) is 4.10. The van der Waals surface area contributed by atoms with Crippen molar-refractivity contribution in [2.75, 3.05) is 53.5 Å². The molecule has 0 bridgehead atoms. The largest absolute Gasteiger partial charge is 0.383 e. The SMILES string of the molecule is COCCN1CCC2(CCC1=O)CN(Cc1cccnc1)CCN2C. The Hall–Kier alpha value is -1.50. The van der Waals surface area contributed by atoms with Crippen LogP contribution in [0.5, 0.6) is 0 Å². The van der Waals surface area contributed by atoms with E-state index in [1.807, 2.05) is 23.4 Å². The molecular formula is C19H30N4O2. The molecule has 1 aromatic heterocycles. The molecule has 6 nitrogen and oxygen atoms in total. The van der Waals surface area contributed by atoms with Crippen LogP contribution in [0.15, 0.2) is 24.5 Å². The predicted molar refractivity (Wildman–Crippen MR) is 97.2 cm³/mol. The lowest BCUT2D eigenvalue weighted by molar-refractivity contribution is -0.131. The zero-order chi connectivity index (χ0) is 17.7. The maximum atomic E-state index is 12.5. The van der Waals surface area contributed by atoms with Crippen molar-refractivity contribution in [1.29, 1.82) is 0 Å². The number of aromatic nitrogens is 1. The molecule has 0 saturated carbocycles. The van der Waals surface area contributed by atoms with E-state index in [9.17, 15) is 4.79 Å². The van der Waals surface area contributed by atoms with Crippen LogP contribution in [0.4, 0.5) is 0 Å². The summed E-state index contributed by atoms with van der Waals surface area (Å²) in [7, 11) is 3.91. The smallest absolute Gasteiger partial charge is 0.222 e. The van der Waals surface area contributed by atoms with Gasteiger partial charge in [0, 0.05) is 70.7 Å². The first-order valence-electron chi connectivity index (χ1n) is 9.22. The van der Waals surface area contributed by atoms with E-state index in [4.69, 9.17) is 4.74 Å². The first-order chi connectivity index (χ1) is 12.1. The van der Waals surface area contributed by atoms with Crippen molar-refractivity contribution < 1.29 is 9.53 Å². The number of piperazine rings is 1. The van der Waals surface area contributed by atoms with E-state index in [1.54, 1.807) is 7.11 Å². The van der Waals surface area contributed by atoms with Gasteiger partial charge in [-0.2, -0.15) is 0 Å². The number of likely N-dealkylation sites (N-methyl/N-ethyl adjacent to an activating group) is 1. The lowest BCUT2D eigenvalue weighted by atomic mass is 9.86. The zero-order valence-electron chi connectivity index (χ0n) is 15.5. The molecule has 1 aromatic rings. The molecule has 25 heavy (non-hydrogen) atoms. The third kappa shape index (κ3) is 4.37. The van der Waals surface area contributed by atoms with Crippen LogP contribution in [0, 0.1) is 0 Å². The molecule has 0 aromatic carbocycles. The Morgan fingerprint density at radius 2 is 2.16 bits per heavy atom. The summed E-state index contributed by atoms with van der Waals surface area (Å²) < 4.78 is 5.16. The molecule has 138 valence electrons. The second-order valence-electron chi connectivity index (χ2n) is 7.34. The van der Waals surface area contributed by atoms with Gasteiger partial charge in [0.15, 0.2) is 0 Å². The highest BCUT2D eigenvalue weighted by Crippen LogP contribution is 2.32. The number of rotatable bonds is 5. The maximum Gasteiger partial charge on any atom is 0.222 e. The summed E-state index contributed by atoms with van der Waals surface area (Å²) in [6, 6.07) is 4.14. The zero-order valence-corrected chi connectivity index (χ0v) is 15.5. The average molecular weight is 346 g/mol. The number of nitrogens with zero attached hydrogens (tertiary/aromatic N) is 4. The van der Waals surface area contributed by atoms with Crippen LogP contribution in [0.3, 0.4) is 0 Å². The molecule has 0 radical (unpaired) electrons. The number of carbonyl (C=O) groups excluding carboxylic acids is 1. The van der Waals surface area contributed by atoms with Gasteiger partial charge in [-0.3, -0.25) is 19.6 Å². The number of amides is 1. The summed E-state index contributed by atoms with van der Waals surface area (Å²) in [5.74, 6) is 0.270. The third-order valence-corrected chi connectivity index (χ3v) is 5.78. The van der Waals surface area contributed by atoms with E-state index in [1.165, 1.54) is 5.56 Å². The minimum absolute atomic E-state index is 0.0952. The van der Waals surface area contributed by atoms with E-state index in [2.05, 4.69) is 27.9 Å². The van der Waals surface area contributed by atoms with Crippen molar-refractivity contribution in [2.24, 2.45) is 0 Å². The Balaban J connectivity index is 1.67. The molecule has 1 amide bonds. The molecule has 2 fully saturated rings. The van der Waals surface area contributed by atoms with Crippen LogP contribution in [0.1, 0.15) is 24.8 Å². The molecule has 2 saturated heterocycles. The van der Waals surface area contributed by atoms with Crippen LogP contribution >= 0.6 is 0 Å². The molecule has 1 unspecified atom stereocenters. The number of likely N-dealkylation sites (tertiary alicyclic amines) is 1. The van der Waals surface area contributed by atoms with E-state index in [-0.39, 0.29) is 11.4 Å². The highest BCUT2D eigenvalue weighted by molar-refractivity contribution is 5.76. The molecule has 2 aliphatic heterocycles. The van der Waals surface area contributed by atoms with Crippen LogP contribution in [-0.2, 0) is 16.1 Å². The third-order valence-electron chi connectivity index (χ3n) is 5.78. The number of hydrogen-bond donors (Lipinski definition) is 0. The van der Waals surface area contributed by atoms with E-state index in [0.717, 1.165) is 45.6 Å². The Labute approximate surface area is 150 Å². The molecule has 3 rings (SSSR count). The Bertz CT molecular complexity index is 568. The quantitative estimate of drug-likeness (QED) is 0.803. The Morgan fingerprint density at radius 1 is 1.28 bits per heavy atom. The molecular weight excluding hydrogens is 316 g/mol. The van der Waals surface area contributed by atoms with Gasteiger partial charge < -0.3 is 9.64 Å². The van der Waals surface area contributed by atoms with Gasteiger partial charge in [0.2, 0.25) is 5.91 Å². The fourth-order valence-electron chi connectivity index (χ4n) is 4.10. The normalized spacial score (nSPS) is 26.2. The molecule has 6 heteroatoms. The van der Waals surface area contributed by atoms with Crippen molar-refractivity contribution >= 4 is 5.91 Å². The van der Waals surface area contributed by atoms with Gasteiger partial charge in [0.1, 0.15) is 0 Å². The summed E-state index contributed by atoms with van der Waals surface area (Å²) in [5.41, 5.74) is 1.35. The van der Waals surface area contributed by atoms with Crippen molar-refractivity contribution in [3.05, 3.63) is 30.1 Å². The van der Waals surface area contributed by atoms with E-state index >= 15 is 0 Å². The van der Waals surface area contributed by atoms with Crippen LogP contribution in [0.2, 0.25) is 0 Å². The molecule has 0 aliphatic carbocycles. The van der Waals surface area contributed by atoms with Gasteiger partial charge >= 0.3 is 0 Å². The highest BCUT2D eigenvalue weighted by Gasteiger charge is 2.42. The van der Waals surface area contributed by atoms with Crippen LogP contribution in [-0.4, -0.2) is 84.6 Å². The molecule has 1 atom stereocenters. The van der Waals surface area contributed by atoms with E-state index in [0.29, 0.717) is 19.6 Å². The molecule has 3 heterocycles. The van der Waals surface area contributed by atoms with Gasteiger partial charge in [-0.05, 0) is 31.5 Å². The molecule has 0 N–H and O–H groups in total. The minimum Gasteiger partial charge on any atom is -0.383 e. The number of ether oxygens (including phenoxy) is 1. The van der Waals surface area contributed by atoms with Crippen molar-refractivity contribution in [2.45, 2.75) is 31.3 Å². The highest BCUT2D eigenvalue weighted by atomic mass is 16.5. The number of hydrogen-bond acceptors (Lipinski definition) is 5. The molecule has 1 spiro atoms. The van der Waals surface area contributed by atoms with Crippen molar-refractivity contribution in [1.82, 2.24) is 19.7 Å². The lowest BCUT2D eigenvalue weighted by Crippen LogP contribution is -2.60. The van der Waals surface area contributed by atoms with Gasteiger partial charge in [0.05, 0.1) is 6.61 Å². The second kappa shape index (κ2) is 8.25. The van der Waals surface area contributed by atoms with Gasteiger partial charge in [-0.25, -0.2) is 0 Å². The number of carbonyl (C=O) groups is 1. The van der Waals surface area contributed by atoms with Crippen LogP contribution < -0.4 is 0 Å². The first-order valence-corrected chi connectivity index (χ1v) is 9.22. The van der Waals surface area contributed by atoms with Gasteiger partial charge in [-0.15, -0.1) is 0 Å². The van der Waals surface area contributed by atoms with Crippen molar-refractivity contribution in [3.63, 3.8) is 0 Å². The number of pyridine rings is 1. The maximum absolute atomic E-state index is 12.5. The first kappa shape index (κ1) is 18.3. The number of methoxy groups -OCH3 is 1. The molecule has 2 aliphatic rings. The second-order valence-corrected chi connectivity index (χ2v) is 7.34. The lowest BCUT2D eigenvalue weighted by Gasteiger charge is -2.49. The van der Waals surface area contributed by atoms with Gasteiger partial charge in [0.25, 0.3) is 0 Å².